The topological polar surface area (TPSA) is 0 Å². The molecule has 96 valence electrons. The maximum Gasteiger partial charge on any atom is 0.264 e. The average molecular weight is 240 g/mol. The zero-order valence-corrected chi connectivity index (χ0v) is 11.2. The predicted molar refractivity (Wildman–Crippen MR) is 69.2 cm³/mol. The summed E-state index contributed by atoms with van der Waals surface area (Å²) in [5.41, 5.74) is 3.15. The molecule has 0 N–H and O–H groups in total. The summed E-state index contributed by atoms with van der Waals surface area (Å²) in [7, 11) is 0. The molecule has 0 aliphatic heterocycles. The summed E-state index contributed by atoms with van der Waals surface area (Å²) >= 11 is 0. The summed E-state index contributed by atoms with van der Waals surface area (Å²) in [5, 5.41) is 0. The van der Waals surface area contributed by atoms with Crippen molar-refractivity contribution in [3.63, 3.8) is 0 Å². The highest BCUT2D eigenvalue weighted by Gasteiger charge is 2.30. The van der Waals surface area contributed by atoms with Crippen LogP contribution in [0, 0.1) is 5.92 Å². The fourth-order valence-electron chi connectivity index (χ4n) is 1.78. The maximum atomic E-state index is 13.2. The third-order valence-electron chi connectivity index (χ3n) is 3.17. The maximum absolute atomic E-state index is 13.2. The van der Waals surface area contributed by atoms with E-state index in [2.05, 4.69) is 0 Å². The number of hydrogen-bond donors (Lipinski definition) is 0. The molecule has 1 fully saturated rings. The molecule has 0 unspecified atom stereocenters. The van der Waals surface area contributed by atoms with Crippen molar-refractivity contribution in [3.05, 3.63) is 34.4 Å². The molecule has 0 aromatic heterocycles. The molecule has 1 saturated carbocycles. The highest BCUT2D eigenvalue weighted by atomic mass is 19.3. The first-order valence-corrected chi connectivity index (χ1v) is 6.31. The molecule has 0 bridgehead atoms. The van der Waals surface area contributed by atoms with Crippen LogP contribution in [0.15, 0.2) is 34.4 Å². The van der Waals surface area contributed by atoms with E-state index >= 15 is 0 Å². The Morgan fingerprint density at radius 3 is 2.18 bits per heavy atom. The summed E-state index contributed by atoms with van der Waals surface area (Å²) in [6.45, 7) is 7.80. The third kappa shape index (κ3) is 4.10. The van der Waals surface area contributed by atoms with E-state index in [1.54, 1.807) is 6.08 Å². The van der Waals surface area contributed by atoms with Crippen molar-refractivity contribution >= 4 is 0 Å². The summed E-state index contributed by atoms with van der Waals surface area (Å²) in [5.74, 6) is 0.375. The second-order valence-corrected chi connectivity index (χ2v) is 4.93. The lowest BCUT2D eigenvalue weighted by Crippen LogP contribution is -2.03. The van der Waals surface area contributed by atoms with Crippen LogP contribution in [0.2, 0.25) is 0 Å². The van der Waals surface area contributed by atoms with Crippen molar-refractivity contribution < 1.29 is 8.78 Å². The van der Waals surface area contributed by atoms with Gasteiger partial charge in [0, 0.05) is 5.57 Å². The Morgan fingerprint density at radius 2 is 1.82 bits per heavy atom. The monoisotopic (exact) mass is 240 g/mol. The van der Waals surface area contributed by atoms with Crippen molar-refractivity contribution in [2.75, 3.05) is 0 Å². The van der Waals surface area contributed by atoms with Gasteiger partial charge in [0.2, 0.25) is 0 Å². The van der Waals surface area contributed by atoms with Gasteiger partial charge >= 0.3 is 0 Å². The molecule has 0 atom stereocenters. The molecule has 1 aliphatic carbocycles. The smallest absolute Gasteiger partial charge is 0.205 e. The van der Waals surface area contributed by atoms with E-state index in [-0.39, 0.29) is 5.57 Å². The van der Waals surface area contributed by atoms with Gasteiger partial charge in [-0.2, -0.15) is 0 Å². The fraction of sp³-hybridized carbons (Fsp3) is 0.600. The molecule has 0 heterocycles. The van der Waals surface area contributed by atoms with Gasteiger partial charge in [0.15, 0.2) is 0 Å². The van der Waals surface area contributed by atoms with Gasteiger partial charge in [-0.05, 0) is 51.5 Å². The number of allylic oxidation sites excluding steroid dienone is 6. The molecule has 2 heteroatoms. The van der Waals surface area contributed by atoms with Crippen LogP contribution in [0.25, 0.3) is 0 Å². The Labute approximate surface area is 103 Å². The quantitative estimate of drug-likeness (QED) is 0.573. The summed E-state index contributed by atoms with van der Waals surface area (Å²) in [4.78, 5) is 0. The highest BCUT2D eigenvalue weighted by Crippen LogP contribution is 2.42. The van der Waals surface area contributed by atoms with Crippen LogP contribution >= 0.6 is 0 Å². The first-order valence-electron chi connectivity index (χ1n) is 6.31. The molecule has 0 radical (unpaired) electrons. The van der Waals surface area contributed by atoms with E-state index in [1.165, 1.54) is 0 Å². The molecule has 0 saturated heterocycles. The molecule has 0 nitrogen and oxygen atoms in total. The van der Waals surface area contributed by atoms with Gasteiger partial charge in [-0.3, -0.25) is 0 Å². The zero-order valence-electron chi connectivity index (χ0n) is 11.2. The van der Waals surface area contributed by atoms with E-state index in [0.29, 0.717) is 5.92 Å². The molecule has 1 aliphatic rings. The average Bonchev–Trinajstić information content (AvgIpc) is 3.05. The summed E-state index contributed by atoms with van der Waals surface area (Å²) in [6.07, 6.45) is 4.20. The molecular formula is C15H22F2. The number of rotatable bonds is 5. The molecular weight excluding hydrogens is 218 g/mol. The Balaban J connectivity index is 3.07. The summed E-state index contributed by atoms with van der Waals surface area (Å²) < 4.78 is 26.3. The van der Waals surface area contributed by atoms with Crippen molar-refractivity contribution in [2.24, 2.45) is 5.92 Å². The number of halogens is 2. The van der Waals surface area contributed by atoms with Gasteiger partial charge in [-0.15, -0.1) is 0 Å². The van der Waals surface area contributed by atoms with E-state index in [1.807, 2.05) is 33.8 Å². The normalized spacial score (nSPS) is 17.6. The summed E-state index contributed by atoms with van der Waals surface area (Å²) in [6, 6.07) is 0. The molecule has 17 heavy (non-hydrogen) atoms. The van der Waals surface area contributed by atoms with Crippen molar-refractivity contribution in [1.29, 1.82) is 0 Å². The minimum atomic E-state index is -2.37. The van der Waals surface area contributed by atoms with Crippen LogP contribution in [0.3, 0.4) is 0 Å². The van der Waals surface area contributed by atoms with Crippen LogP contribution in [-0.2, 0) is 0 Å². The van der Waals surface area contributed by atoms with Crippen LogP contribution in [0.1, 0.15) is 47.0 Å². The molecule has 0 amide bonds. The van der Waals surface area contributed by atoms with Crippen LogP contribution in [0.5, 0.6) is 0 Å². The van der Waals surface area contributed by atoms with Gasteiger partial charge in [-0.25, -0.2) is 8.78 Å². The highest BCUT2D eigenvalue weighted by molar-refractivity contribution is 5.42. The molecule has 0 spiro atoms. The second kappa shape index (κ2) is 6.13. The molecule has 1 rings (SSSR count). The van der Waals surface area contributed by atoms with Crippen LogP contribution < -0.4 is 0 Å². The standard InChI is InChI=1S/C15H22F2/c1-5-6-13(12-7-8-12)14(15(16)17)9-11(4)10(2)3/h6,9,12,15H,5,7-8H2,1-4H3/b13-6+,14-9+. The van der Waals surface area contributed by atoms with Gasteiger partial charge in [0.1, 0.15) is 0 Å². The largest absolute Gasteiger partial charge is 0.264 e. The molecule has 0 aromatic carbocycles. The molecule has 0 aromatic rings. The SMILES string of the molecule is CC/C=C(/C(=C\C(C)=C(C)C)C(F)F)C1CC1. The van der Waals surface area contributed by atoms with E-state index < -0.39 is 6.43 Å². The predicted octanol–water partition coefficient (Wildman–Crippen LogP) is 5.28. The third-order valence-corrected chi connectivity index (χ3v) is 3.17. The van der Waals surface area contributed by atoms with Crippen molar-refractivity contribution in [1.82, 2.24) is 0 Å². The van der Waals surface area contributed by atoms with Crippen LogP contribution in [-0.4, -0.2) is 6.43 Å². The van der Waals surface area contributed by atoms with Gasteiger partial charge < -0.3 is 0 Å². The number of alkyl halides is 2. The lowest BCUT2D eigenvalue weighted by molar-refractivity contribution is 0.191. The van der Waals surface area contributed by atoms with Gasteiger partial charge in [0.25, 0.3) is 6.43 Å². The first-order chi connectivity index (χ1) is 7.97. The second-order valence-electron chi connectivity index (χ2n) is 4.93. The van der Waals surface area contributed by atoms with Gasteiger partial charge in [0.05, 0.1) is 0 Å². The van der Waals surface area contributed by atoms with Crippen molar-refractivity contribution in [3.8, 4) is 0 Å². The lowest BCUT2D eigenvalue weighted by atomic mass is 9.97. The lowest BCUT2D eigenvalue weighted by Gasteiger charge is -2.12. The minimum Gasteiger partial charge on any atom is -0.205 e. The zero-order chi connectivity index (χ0) is 13.0. The van der Waals surface area contributed by atoms with Gasteiger partial charge in [-0.1, -0.05) is 30.2 Å². The van der Waals surface area contributed by atoms with E-state index in [9.17, 15) is 8.78 Å². The Morgan fingerprint density at radius 1 is 1.24 bits per heavy atom. The number of hydrogen-bond acceptors (Lipinski definition) is 0. The van der Waals surface area contributed by atoms with Crippen LogP contribution in [0.4, 0.5) is 8.78 Å². The Bertz CT molecular complexity index is 351. The van der Waals surface area contributed by atoms with Crippen molar-refractivity contribution in [2.45, 2.75) is 53.4 Å². The fourth-order valence-corrected chi connectivity index (χ4v) is 1.78. The Kier molecular flexibility index (Phi) is 5.10. The minimum absolute atomic E-state index is 0.230. The first kappa shape index (κ1) is 14.1. The van der Waals surface area contributed by atoms with E-state index in [0.717, 1.165) is 36.0 Å². The van der Waals surface area contributed by atoms with E-state index in [4.69, 9.17) is 0 Å². The Hall–Kier alpha value is -0.920.